The van der Waals surface area contributed by atoms with Crippen molar-refractivity contribution in [2.45, 2.75) is 24.7 Å². The number of benzene rings is 1. The molecule has 0 saturated carbocycles. The first-order valence-corrected chi connectivity index (χ1v) is 6.08. The van der Waals surface area contributed by atoms with E-state index in [0.29, 0.717) is 24.3 Å². The number of hydrogen-bond donors (Lipinski definition) is 1. The van der Waals surface area contributed by atoms with E-state index in [4.69, 9.17) is 11.0 Å². The zero-order valence-corrected chi connectivity index (χ0v) is 9.51. The van der Waals surface area contributed by atoms with Gasteiger partial charge < -0.3 is 5.73 Å². The normalized spacial score (nSPS) is 12.0. The first kappa shape index (κ1) is 11.7. The summed E-state index contributed by atoms with van der Waals surface area (Å²) in [5.41, 5.74) is 7.24. The van der Waals surface area contributed by atoms with Gasteiger partial charge in [-0.25, -0.2) is 0 Å². The molecule has 0 spiro atoms. The number of nitrogens with zero attached hydrogens (tertiary/aromatic N) is 1. The molecule has 0 radical (unpaired) electrons. The van der Waals surface area contributed by atoms with Crippen LogP contribution >= 0.6 is 0 Å². The Morgan fingerprint density at radius 2 is 2.27 bits per heavy atom. The van der Waals surface area contributed by atoms with Gasteiger partial charge in [0.25, 0.3) is 0 Å². The molecule has 1 atom stereocenters. The molecular formula is C11H14N2OS. The zero-order valence-electron chi connectivity index (χ0n) is 8.69. The monoisotopic (exact) mass is 222 g/mol. The van der Waals surface area contributed by atoms with E-state index in [9.17, 15) is 4.21 Å². The molecule has 0 heterocycles. The molecular weight excluding hydrogens is 208 g/mol. The Morgan fingerprint density at radius 3 is 2.87 bits per heavy atom. The van der Waals surface area contributed by atoms with Crippen LogP contribution in [0.4, 0.5) is 5.69 Å². The Kier molecular flexibility index (Phi) is 4.32. The van der Waals surface area contributed by atoms with Gasteiger partial charge >= 0.3 is 0 Å². The highest BCUT2D eigenvalue weighted by Crippen LogP contribution is 2.17. The van der Waals surface area contributed by atoms with Gasteiger partial charge in [0.2, 0.25) is 0 Å². The van der Waals surface area contributed by atoms with Crippen LogP contribution in [-0.2, 0) is 10.8 Å². The molecule has 4 heteroatoms. The first-order valence-electron chi connectivity index (χ1n) is 4.76. The second-order valence-electron chi connectivity index (χ2n) is 3.34. The summed E-state index contributed by atoms with van der Waals surface area (Å²) in [5.74, 6) is 0.540. The van der Waals surface area contributed by atoms with Gasteiger partial charge in [0, 0.05) is 22.8 Å². The Morgan fingerprint density at radius 1 is 1.53 bits per heavy atom. The van der Waals surface area contributed by atoms with Crippen molar-refractivity contribution < 1.29 is 4.21 Å². The summed E-state index contributed by atoms with van der Waals surface area (Å²) in [5, 5.41) is 8.38. The lowest BCUT2D eigenvalue weighted by Crippen LogP contribution is -2.00. The van der Waals surface area contributed by atoms with Crippen molar-refractivity contribution in [3.05, 3.63) is 23.8 Å². The minimum atomic E-state index is -1.01. The molecule has 2 N–H and O–H groups in total. The van der Waals surface area contributed by atoms with Crippen LogP contribution in [0.2, 0.25) is 0 Å². The van der Waals surface area contributed by atoms with Crippen molar-refractivity contribution in [2.24, 2.45) is 0 Å². The van der Waals surface area contributed by atoms with Crippen LogP contribution in [0.3, 0.4) is 0 Å². The van der Waals surface area contributed by atoms with Gasteiger partial charge in [-0.2, -0.15) is 5.26 Å². The Bertz CT molecular complexity index is 410. The third-order valence-electron chi connectivity index (χ3n) is 2.06. The summed E-state index contributed by atoms with van der Waals surface area (Å²) in [6.45, 7) is 1.90. The zero-order chi connectivity index (χ0) is 11.3. The van der Waals surface area contributed by atoms with Crippen LogP contribution in [0.5, 0.6) is 0 Å². The van der Waals surface area contributed by atoms with E-state index in [1.165, 1.54) is 0 Å². The third-order valence-corrected chi connectivity index (χ3v) is 3.67. The predicted octanol–water partition coefficient (Wildman–Crippen LogP) is 1.99. The lowest BCUT2D eigenvalue weighted by atomic mass is 10.2. The SMILES string of the molecule is Cc1cc(N)ccc1S(=O)CCCC#N. The number of rotatable bonds is 4. The molecule has 0 fully saturated rings. The van der Waals surface area contributed by atoms with Crippen LogP contribution in [0.25, 0.3) is 0 Å². The summed E-state index contributed by atoms with van der Waals surface area (Å²) >= 11 is 0. The first-order chi connectivity index (χ1) is 7.15. The summed E-state index contributed by atoms with van der Waals surface area (Å²) in [6, 6.07) is 7.41. The number of anilines is 1. The molecule has 0 aromatic heterocycles. The van der Waals surface area contributed by atoms with E-state index < -0.39 is 10.8 Å². The van der Waals surface area contributed by atoms with Crippen molar-refractivity contribution in [1.29, 1.82) is 5.26 Å². The summed E-state index contributed by atoms with van der Waals surface area (Å²) in [4.78, 5) is 0.821. The summed E-state index contributed by atoms with van der Waals surface area (Å²) in [6.07, 6.45) is 1.13. The van der Waals surface area contributed by atoms with Gasteiger partial charge in [-0.3, -0.25) is 4.21 Å². The molecule has 3 nitrogen and oxygen atoms in total. The molecule has 0 bridgehead atoms. The molecule has 1 unspecified atom stereocenters. The number of aryl methyl sites for hydroxylation is 1. The molecule has 1 rings (SSSR count). The summed E-state index contributed by atoms with van der Waals surface area (Å²) in [7, 11) is -1.01. The molecule has 0 amide bonds. The highest BCUT2D eigenvalue weighted by Gasteiger charge is 2.06. The van der Waals surface area contributed by atoms with Crippen LogP contribution in [0.1, 0.15) is 18.4 Å². The fraction of sp³-hybridized carbons (Fsp3) is 0.364. The van der Waals surface area contributed by atoms with Crippen molar-refractivity contribution in [2.75, 3.05) is 11.5 Å². The third kappa shape index (κ3) is 3.37. The lowest BCUT2D eigenvalue weighted by molar-refractivity contribution is 0.680. The highest BCUT2D eigenvalue weighted by molar-refractivity contribution is 7.85. The van der Waals surface area contributed by atoms with Crippen LogP contribution in [0.15, 0.2) is 23.1 Å². The second kappa shape index (κ2) is 5.52. The van der Waals surface area contributed by atoms with Crippen molar-refractivity contribution in [3.8, 4) is 6.07 Å². The van der Waals surface area contributed by atoms with E-state index >= 15 is 0 Å². The summed E-state index contributed by atoms with van der Waals surface area (Å²) < 4.78 is 11.8. The maximum absolute atomic E-state index is 11.8. The van der Waals surface area contributed by atoms with Crippen molar-refractivity contribution in [1.82, 2.24) is 0 Å². The molecule has 15 heavy (non-hydrogen) atoms. The fourth-order valence-electron chi connectivity index (χ4n) is 1.32. The van der Waals surface area contributed by atoms with E-state index in [1.807, 2.05) is 19.1 Å². The quantitative estimate of drug-likeness (QED) is 0.625. The molecule has 0 aliphatic carbocycles. The van der Waals surface area contributed by atoms with Gasteiger partial charge in [0.15, 0.2) is 0 Å². The van der Waals surface area contributed by atoms with Crippen LogP contribution < -0.4 is 5.73 Å². The van der Waals surface area contributed by atoms with E-state index in [0.717, 1.165) is 10.5 Å². The fourth-order valence-corrected chi connectivity index (χ4v) is 2.58. The van der Waals surface area contributed by atoms with Gasteiger partial charge in [-0.1, -0.05) is 0 Å². The van der Waals surface area contributed by atoms with Gasteiger partial charge in [0.1, 0.15) is 0 Å². The maximum atomic E-state index is 11.8. The van der Waals surface area contributed by atoms with E-state index in [1.54, 1.807) is 12.1 Å². The average molecular weight is 222 g/mol. The van der Waals surface area contributed by atoms with E-state index in [2.05, 4.69) is 0 Å². The minimum absolute atomic E-state index is 0.458. The molecule has 1 aromatic rings. The standard InChI is InChI=1S/C11H14N2OS/c1-9-8-10(13)4-5-11(9)15(14)7-3-2-6-12/h4-5,8H,2-3,7,13H2,1H3. The Balaban J connectivity index is 2.70. The molecule has 1 aromatic carbocycles. The predicted molar refractivity (Wildman–Crippen MR) is 61.7 cm³/mol. The maximum Gasteiger partial charge on any atom is 0.0622 e. The highest BCUT2D eigenvalue weighted by atomic mass is 32.2. The lowest BCUT2D eigenvalue weighted by Gasteiger charge is -2.05. The van der Waals surface area contributed by atoms with Gasteiger partial charge in [-0.05, 0) is 37.1 Å². The number of unbranched alkanes of at least 4 members (excludes halogenated alkanes) is 1. The topological polar surface area (TPSA) is 66.9 Å². The Hall–Kier alpha value is -1.34. The van der Waals surface area contributed by atoms with Crippen LogP contribution in [-0.4, -0.2) is 9.96 Å². The smallest absolute Gasteiger partial charge is 0.0622 e. The largest absolute Gasteiger partial charge is 0.399 e. The van der Waals surface area contributed by atoms with Crippen molar-refractivity contribution in [3.63, 3.8) is 0 Å². The number of nitrogens with two attached hydrogens (primary N) is 1. The average Bonchev–Trinajstić information content (AvgIpc) is 2.17. The number of hydrogen-bond acceptors (Lipinski definition) is 3. The molecule has 0 saturated heterocycles. The van der Waals surface area contributed by atoms with Crippen molar-refractivity contribution >= 4 is 16.5 Å². The number of nitriles is 1. The molecule has 80 valence electrons. The minimum Gasteiger partial charge on any atom is -0.399 e. The van der Waals surface area contributed by atoms with Gasteiger partial charge in [0.05, 0.1) is 16.9 Å². The Labute approximate surface area is 92.4 Å². The van der Waals surface area contributed by atoms with E-state index in [-0.39, 0.29) is 0 Å². The van der Waals surface area contributed by atoms with Gasteiger partial charge in [-0.15, -0.1) is 0 Å². The molecule has 0 aliphatic rings. The van der Waals surface area contributed by atoms with Crippen LogP contribution in [0, 0.1) is 18.3 Å². The number of nitrogen functional groups attached to an aromatic ring is 1. The second-order valence-corrected chi connectivity index (χ2v) is 4.88. The molecule has 0 aliphatic heterocycles.